The Bertz CT molecular complexity index is 510. The van der Waals surface area contributed by atoms with Crippen LogP contribution in [-0.2, 0) is 10.3 Å². The van der Waals surface area contributed by atoms with Gasteiger partial charge in [0.05, 0.1) is 5.60 Å². The maximum Gasteiger partial charge on any atom is 0.0925 e. The Hall–Kier alpha value is -1.32. The molecular weight excluding hydrogens is 214 g/mol. The highest BCUT2D eigenvalue weighted by molar-refractivity contribution is 5.83. The lowest BCUT2D eigenvalue weighted by Crippen LogP contribution is -2.26. The molecule has 17 heavy (non-hydrogen) atoms. The third-order valence-corrected chi connectivity index (χ3v) is 3.64. The fourth-order valence-corrected chi connectivity index (χ4v) is 2.70. The third kappa shape index (κ3) is 1.85. The zero-order valence-electron chi connectivity index (χ0n) is 9.78. The molecule has 0 bridgehead atoms. The third-order valence-electron chi connectivity index (χ3n) is 3.64. The van der Waals surface area contributed by atoms with E-state index < -0.39 is 5.60 Å². The van der Waals surface area contributed by atoms with Crippen LogP contribution in [0.15, 0.2) is 30.5 Å². The monoisotopic (exact) mass is 231 g/mol. The van der Waals surface area contributed by atoms with Gasteiger partial charge in [0.15, 0.2) is 0 Å². The number of aromatic nitrogens is 1. The molecule has 0 radical (unpaired) electrons. The fraction of sp³-hybridized carbons (Fsp3) is 0.429. The van der Waals surface area contributed by atoms with Crippen LogP contribution in [0.3, 0.4) is 0 Å². The summed E-state index contributed by atoms with van der Waals surface area (Å²) in [5.74, 6) is 0. The van der Waals surface area contributed by atoms with Gasteiger partial charge in [-0.25, -0.2) is 0 Å². The molecule has 2 heterocycles. The minimum absolute atomic E-state index is 0.636. The highest BCUT2D eigenvalue weighted by Gasteiger charge is 2.31. The van der Waals surface area contributed by atoms with E-state index in [1.165, 1.54) is 0 Å². The maximum absolute atomic E-state index is 10.8. The molecule has 3 heteroatoms. The number of hydrogen-bond acceptors (Lipinski definition) is 2. The van der Waals surface area contributed by atoms with Crippen molar-refractivity contribution in [3.63, 3.8) is 0 Å². The van der Waals surface area contributed by atoms with Gasteiger partial charge in [-0.05, 0) is 30.5 Å². The van der Waals surface area contributed by atoms with E-state index >= 15 is 0 Å². The number of ether oxygens (including phenoxy) is 1. The minimum Gasteiger partial charge on any atom is -0.385 e. The van der Waals surface area contributed by atoms with E-state index in [1.807, 2.05) is 30.5 Å². The second kappa shape index (κ2) is 4.17. The normalized spacial score (nSPS) is 25.9. The van der Waals surface area contributed by atoms with E-state index in [1.54, 1.807) is 0 Å². The lowest BCUT2D eigenvalue weighted by molar-refractivity contribution is 0.0158. The summed E-state index contributed by atoms with van der Waals surface area (Å²) in [6.45, 7) is 1.39. The van der Waals surface area contributed by atoms with Gasteiger partial charge in [-0.1, -0.05) is 12.1 Å². The van der Waals surface area contributed by atoms with Gasteiger partial charge >= 0.3 is 0 Å². The van der Waals surface area contributed by atoms with Gasteiger partial charge in [-0.3, -0.25) is 0 Å². The molecule has 0 amide bonds. The van der Waals surface area contributed by atoms with Gasteiger partial charge in [0.25, 0.3) is 0 Å². The number of H-pyrrole nitrogens is 1. The van der Waals surface area contributed by atoms with Crippen molar-refractivity contribution in [3.8, 4) is 0 Å². The van der Waals surface area contributed by atoms with Crippen molar-refractivity contribution in [2.75, 3.05) is 13.2 Å². The summed E-state index contributed by atoms with van der Waals surface area (Å²) in [4.78, 5) is 3.19. The van der Waals surface area contributed by atoms with Crippen LogP contribution in [0.1, 0.15) is 24.8 Å². The number of rotatable bonds is 1. The topological polar surface area (TPSA) is 45.2 Å². The van der Waals surface area contributed by atoms with Gasteiger partial charge in [-0.2, -0.15) is 0 Å². The highest BCUT2D eigenvalue weighted by atomic mass is 16.5. The molecule has 1 saturated heterocycles. The Kier molecular flexibility index (Phi) is 2.65. The van der Waals surface area contributed by atoms with E-state index in [0.29, 0.717) is 13.0 Å². The summed E-state index contributed by atoms with van der Waals surface area (Å²) >= 11 is 0. The predicted molar refractivity (Wildman–Crippen MR) is 66.9 cm³/mol. The molecular formula is C14H17NO2. The number of benzene rings is 1. The summed E-state index contributed by atoms with van der Waals surface area (Å²) in [6.07, 6.45) is 4.29. The first-order valence-corrected chi connectivity index (χ1v) is 6.16. The first kappa shape index (κ1) is 10.8. The zero-order valence-corrected chi connectivity index (χ0v) is 9.78. The van der Waals surface area contributed by atoms with Crippen LogP contribution < -0.4 is 0 Å². The van der Waals surface area contributed by atoms with Gasteiger partial charge in [0, 0.05) is 36.7 Å². The molecule has 1 aromatic carbocycles. The molecule has 1 fully saturated rings. The van der Waals surface area contributed by atoms with Crippen molar-refractivity contribution in [2.24, 2.45) is 0 Å². The van der Waals surface area contributed by atoms with Crippen LogP contribution in [-0.4, -0.2) is 23.3 Å². The molecule has 1 aliphatic heterocycles. The van der Waals surface area contributed by atoms with Crippen molar-refractivity contribution < 1.29 is 9.84 Å². The molecule has 0 aliphatic carbocycles. The molecule has 2 N–H and O–H groups in total. The zero-order chi connectivity index (χ0) is 11.7. The van der Waals surface area contributed by atoms with Crippen LogP contribution >= 0.6 is 0 Å². The van der Waals surface area contributed by atoms with Gasteiger partial charge in [0.2, 0.25) is 0 Å². The van der Waals surface area contributed by atoms with E-state index in [4.69, 9.17) is 4.74 Å². The summed E-state index contributed by atoms with van der Waals surface area (Å²) in [5, 5.41) is 12.0. The lowest BCUT2D eigenvalue weighted by Gasteiger charge is -2.27. The van der Waals surface area contributed by atoms with Crippen LogP contribution in [0.2, 0.25) is 0 Å². The average Bonchev–Trinajstić information content (AvgIpc) is 2.71. The van der Waals surface area contributed by atoms with Gasteiger partial charge < -0.3 is 14.8 Å². The van der Waals surface area contributed by atoms with E-state index in [0.717, 1.165) is 35.9 Å². The van der Waals surface area contributed by atoms with Gasteiger partial charge in [-0.15, -0.1) is 0 Å². The molecule has 3 rings (SSSR count). The van der Waals surface area contributed by atoms with E-state index in [-0.39, 0.29) is 0 Å². The highest BCUT2D eigenvalue weighted by Crippen LogP contribution is 2.36. The summed E-state index contributed by atoms with van der Waals surface area (Å²) in [6, 6.07) is 8.10. The molecule has 0 spiro atoms. The number of aromatic amines is 1. The van der Waals surface area contributed by atoms with Crippen molar-refractivity contribution in [1.29, 1.82) is 0 Å². The minimum atomic E-state index is -0.738. The molecule has 1 unspecified atom stereocenters. The predicted octanol–water partition coefficient (Wildman–Crippen LogP) is 2.56. The summed E-state index contributed by atoms with van der Waals surface area (Å²) in [7, 11) is 0. The lowest BCUT2D eigenvalue weighted by atomic mass is 9.85. The molecule has 0 saturated carbocycles. The number of nitrogens with one attached hydrogen (secondary N) is 1. The number of aliphatic hydroxyl groups is 1. The Labute approximate surface area is 100 Å². The van der Waals surface area contributed by atoms with Crippen molar-refractivity contribution in [1.82, 2.24) is 4.98 Å². The Morgan fingerprint density at radius 1 is 1.18 bits per heavy atom. The molecule has 1 atom stereocenters. The largest absolute Gasteiger partial charge is 0.385 e. The standard InChI is InChI=1S/C14H17NO2/c16-14(6-2-9-17-10-7-14)12-3-1-4-13-11(12)5-8-15-13/h1,3-5,8,15-16H,2,6-7,9-10H2. The maximum atomic E-state index is 10.8. The van der Waals surface area contributed by atoms with E-state index in [2.05, 4.69) is 4.98 Å². The Morgan fingerprint density at radius 3 is 3.06 bits per heavy atom. The summed E-state index contributed by atoms with van der Waals surface area (Å²) < 4.78 is 5.44. The number of hydrogen-bond donors (Lipinski definition) is 2. The van der Waals surface area contributed by atoms with Crippen molar-refractivity contribution in [3.05, 3.63) is 36.0 Å². The molecule has 1 aromatic heterocycles. The molecule has 2 aromatic rings. The van der Waals surface area contributed by atoms with Crippen LogP contribution in [0.4, 0.5) is 0 Å². The van der Waals surface area contributed by atoms with Crippen molar-refractivity contribution in [2.45, 2.75) is 24.9 Å². The van der Waals surface area contributed by atoms with E-state index in [9.17, 15) is 5.11 Å². The quantitative estimate of drug-likeness (QED) is 0.792. The Balaban J connectivity index is 2.09. The van der Waals surface area contributed by atoms with Gasteiger partial charge in [0.1, 0.15) is 0 Å². The van der Waals surface area contributed by atoms with Crippen molar-refractivity contribution >= 4 is 10.9 Å². The molecule has 1 aliphatic rings. The Morgan fingerprint density at radius 2 is 2.12 bits per heavy atom. The SMILES string of the molecule is OC1(c2cccc3[nH]ccc23)CCCOCC1. The fourth-order valence-electron chi connectivity index (χ4n) is 2.70. The van der Waals surface area contributed by atoms with Crippen LogP contribution in [0, 0.1) is 0 Å². The first-order chi connectivity index (χ1) is 8.30. The second-order valence-electron chi connectivity index (χ2n) is 4.74. The average molecular weight is 231 g/mol. The number of fused-ring (bicyclic) bond motifs is 1. The van der Waals surface area contributed by atoms with Crippen LogP contribution in [0.5, 0.6) is 0 Å². The summed E-state index contributed by atoms with van der Waals surface area (Å²) in [5.41, 5.74) is 1.38. The van der Waals surface area contributed by atoms with Crippen LogP contribution in [0.25, 0.3) is 10.9 Å². The molecule has 3 nitrogen and oxygen atoms in total. The smallest absolute Gasteiger partial charge is 0.0925 e. The first-order valence-electron chi connectivity index (χ1n) is 6.16. The second-order valence-corrected chi connectivity index (χ2v) is 4.74. The molecule has 90 valence electrons.